The normalized spacial score (nSPS) is 29.9. The highest BCUT2D eigenvalue weighted by Gasteiger charge is 2.34. The molecule has 0 bridgehead atoms. The number of piperazine rings is 1. The van der Waals surface area contributed by atoms with Crippen molar-refractivity contribution in [3.05, 3.63) is 0 Å². The van der Waals surface area contributed by atoms with E-state index in [-0.39, 0.29) is 11.3 Å². The van der Waals surface area contributed by atoms with E-state index in [0.717, 1.165) is 65.0 Å². The summed E-state index contributed by atoms with van der Waals surface area (Å²) in [5, 5.41) is 3.31. The molecule has 0 radical (unpaired) electrons. The Labute approximate surface area is 123 Å². The smallest absolute Gasteiger partial charge is 0.151 e. The number of rotatable bonds is 6. The van der Waals surface area contributed by atoms with Gasteiger partial charge in [-0.15, -0.1) is 0 Å². The summed E-state index contributed by atoms with van der Waals surface area (Å²) in [6.45, 7) is 6.69. The van der Waals surface area contributed by atoms with Crippen molar-refractivity contribution >= 4 is 9.84 Å². The van der Waals surface area contributed by atoms with Gasteiger partial charge in [-0.3, -0.25) is 0 Å². The van der Waals surface area contributed by atoms with Gasteiger partial charge in [0, 0.05) is 38.5 Å². The Hall–Kier alpha value is -0.170. The average Bonchev–Trinajstić information content (AvgIpc) is 2.85. The second-order valence-corrected chi connectivity index (χ2v) is 8.62. The summed E-state index contributed by atoms with van der Waals surface area (Å²) in [6.07, 6.45) is 5.35. The molecule has 2 atom stereocenters. The number of likely N-dealkylation sites (N-methyl/N-ethyl adjacent to an activating group) is 1. The maximum absolute atomic E-state index is 11.7. The van der Waals surface area contributed by atoms with E-state index in [9.17, 15) is 8.42 Å². The van der Waals surface area contributed by atoms with E-state index in [4.69, 9.17) is 0 Å². The van der Waals surface area contributed by atoms with Crippen LogP contribution in [0.1, 0.15) is 25.7 Å². The van der Waals surface area contributed by atoms with Crippen LogP contribution in [-0.2, 0) is 9.84 Å². The highest BCUT2D eigenvalue weighted by molar-refractivity contribution is 7.91. The van der Waals surface area contributed by atoms with E-state index >= 15 is 0 Å². The first-order valence-corrected chi connectivity index (χ1v) is 9.75. The summed E-state index contributed by atoms with van der Waals surface area (Å²) >= 11 is 0. The first kappa shape index (κ1) is 16.2. The van der Waals surface area contributed by atoms with E-state index in [1.54, 1.807) is 0 Å². The topological polar surface area (TPSA) is 52.6 Å². The Morgan fingerprint density at radius 3 is 2.50 bits per heavy atom. The predicted molar refractivity (Wildman–Crippen MR) is 82.8 cm³/mol. The summed E-state index contributed by atoms with van der Waals surface area (Å²) in [5.41, 5.74) is 0. The Bertz CT molecular complexity index is 391. The molecule has 2 unspecified atom stereocenters. The van der Waals surface area contributed by atoms with Crippen LogP contribution in [0, 0.1) is 0 Å². The van der Waals surface area contributed by atoms with Gasteiger partial charge >= 0.3 is 0 Å². The highest BCUT2D eigenvalue weighted by atomic mass is 32.2. The van der Waals surface area contributed by atoms with Crippen LogP contribution in [0.2, 0.25) is 0 Å². The van der Waals surface area contributed by atoms with Gasteiger partial charge in [0.25, 0.3) is 0 Å². The molecule has 0 aromatic heterocycles. The van der Waals surface area contributed by atoms with Crippen LogP contribution in [0.3, 0.4) is 0 Å². The Morgan fingerprint density at radius 1 is 1.15 bits per heavy atom. The molecule has 2 aliphatic rings. The number of nitrogens with zero attached hydrogens (tertiary/aromatic N) is 2. The Balaban J connectivity index is 1.63. The lowest BCUT2D eigenvalue weighted by Crippen LogP contribution is -2.45. The first-order valence-electron chi connectivity index (χ1n) is 7.80. The minimum Gasteiger partial charge on any atom is -0.313 e. The zero-order chi connectivity index (χ0) is 14.6. The molecule has 2 rings (SSSR count). The van der Waals surface area contributed by atoms with Gasteiger partial charge in [-0.1, -0.05) is 6.42 Å². The van der Waals surface area contributed by atoms with Gasteiger partial charge < -0.3 is 15.1 Å². The van der Waals surface area contributed by atoms with Crippen molar-refractivity contribution in [2.75, 3.05) is 52.6 Å². The van der Waals surface area contributed by atoms with Gasteiger partial charge in [-0.2, -0.15) is 0 Å². The van der Waals surface area contributed by atoms with Crippen molar-refractivity contribution in [1.29, 1.82) is 0 Å². The fraction of sp³-hybridized carbons (Fsp3) is 1.00. The third-order valence-corrected chi connectivity index (χ3v) is 6.32. The quantitative estimate of drug-likeness (QED) is 0.710. The van der Waals surface area contributed by atoms with E-state index in [2.05, 4.69) is 22.2 Å². The summed E-state index contributed by atoms with van der Waals surface area (Å²) in [5.74, 6) is 0. The molecule has 1 aliphatic heterocycles. The van der Waals surface area contributed by atoms with E-state index in [1.807, 2.05) is 0 Å². The summed E-state index contributed by atoms with van der Waals surface area (Å²) in [7, 11) is -0.723. The van der Waals surface area contributed by atoms with Crippen LogP contribution < -0.4 is 5.32 Å². The lowest BCUT2D eigenvalue weighted by atomic mass is 10.2. The minimum atomic E-state index is -2.89. The Morgan fingerprint density at radius 2 is 1.85 bits per heavy atom. The molecule has 0 aromatic carbocycles. The van der Waals surface area contributed by atoms with Gasteiger partial charge in [-0.25, -0.2) is 8.42 Å². The van der Waals surface area contributed by atoms with Crippen LogP contribution >= 0.6 is 0 Å². The molecule has 5 nitrogen and oxygen atoms in total. The largest absolute Gasteiger partial charge is 0.313 e. The third-order valence-electron chi connectivity index (χ3n) is 4.66. The molecule has 1 aliphatic carbocycles. The summed E-state index contributed by atoms with van der Waals surface area (Å²) in [6, 6.07) is 0.178. The molecule has 0 aromatic rings. The molecule has 1 saturated heterocycles. The van der Waals surface area contributed by atoms with Crippen LogP contribution in [0.4, 0.5) is 0 Å². The highest BCUT2D eigenvalue weighted by Crippen LogP contribution is 2.24. The molecule has 0 spiro atoms. The molecule has 1 saturated carbocycles. The minimum absolute atomic E-state index is 0.161. The summed E-state index contributed by atoms with van der Waals surface area (Å²) < 4.78 is 23.4. The van der Waals surface area contributed by atoms with Crippen molar-refractivity contribution in [3.63, 3.8) is 0 Å². The molecule has 2 fully saturated rings. The van der Waals surface area contributed by atoms with E-state index in [0.29, 0.717) is 0 Å². The fourth-order valence-corrected chi connectivity index (χ4v) is 4.76. The molecule has 1 N–H and O–H groups in total. The molecule has 0 amide bonds. The van der Waals surface area contributed by atoms with E-state index < -0.39 is 9.84 Å². The van der Waals surface area contributed by atoms with Crippen molar-refractivity contribution in [2.45, 2.75) is 37.0 Å². The number of nitrogens with one attached hydrogen (secondary N) is 1. The van der Waals surface area contributed by atoms with Crippen molar-refractivity contribution < 1.29 is 8.42 Å². The zero-order valence-electron chi connectivity index (χ0n) is 12.8. The molecular weight excluding hydrogens is 274 g/mol. The van der Waals surface area contributed by atoms with E-state index in [1.165, 1.54) is 6.26 Å². The van der Waals surface area contributed by atoms with Gasteiger partial charge in [0.15, 0.2) is 9.84 Å². The zero-order valence-corrected chi connectivity index (χ0v) is 13.7. The lowest BCUT2D eigenvalue weighted by molar-refractivity contribution is 0.152. The van der Waals surface area contributed by atoms with Gasteiger partial charge in [0.05, 0.1) is 5.25 Å². The SMILES string of the molecule is CN1CCN(CCCNC2CCCC2S(C)(=O)=O)CC1. The van der Waals surface area contributed by atoms with Crippen LogP contribution in [-0.4, -0.2) is 82.1 Å². The lowest BCUT2D eigenvalue weighted by Gasteiger charge is -2.32. The predicted octanol–water partition coefficient (Wildman–Crippen LogP) is 0.179. The number of sulfone groups is 1. The average molecular weight is 303 g/mol. The molecule has 20 heavy (non-hydrogen) atoms. The third kappa shape index (κ3) is 4.69. The molecule has 1 heterocycles. The van der Waals surface area contributed by atoms with Crippen LogP contribution in [0.15, 0.2) is 0 Å². The molecular formula is C14H29N3O2S. The maximum Gasteiger partial charge on any atom is 0.151 e. The number of hydrogen-bond acceptors (Lipinski definition) is 5. The maximum atomic E-state index is 11.7. The number of hydrogen-bond donors (Lipinski definition) is 1. The van der Waals surface area contributed by atoms with Crippen molar-refractivity contribution in [2.24, 2.45) is 0 Å². The van der Waals surface area contributed by atoms with Crippen molar-refractivity contribution in [1.82, 2.24) is 15.1 Å². The second-order valence-electron chi connectivity index (χ2n) is 6.36. The fourth-order valence-electron chi connectivity index (χ4n) is 3.33. The standard InChI is InChI=1S/C14H29N3O2S/c1-16-9-11-17(12-10-16)8-4-7-15-13-5-3-6-14(13)20(2,18)19/h13-15H,3-12H2,1-2H3. The summed E-state index contributed by atoms with van der Waals surface area (Å²) in [4.78, 5) is 4.87. The van der Waals surface area contributed by atoms with Crippen LogP contribution in [0.25, 0.3) is 0 Å². The Kier molecular flexibility index (Phi) is 5.84. The van der Waals surface area contributed by atoms with Crippen LogP contribution in [0.5, 0.6) is 0 Å². The molecule has 6 heteroatoms. The monoisotopic (exact) mass is 303 g/mol. The second kappa shape index (κ2) is 7.20. The molecule has 118 valence electrons. The van der Waals surface area contributed by atoms with Crippen molar-refractivity contribution in [3.8, 4) is 0 Å². The van der Waals surface area contributed by atoms with Gasteiger partial charge in [0.1, 0.15) is 0 Å². The van der Waals surface area contributed by atoms with Gasteiger partial charge in [0.2, 0.25) is 0 Å². The van der Waals surface area contributed by atoms with Gasteiger partial charge in [-0.05, 0) is 39.4 Å². The first-order chi connectivity index (χ1) is 9.47.